The SMILES string of the molecule is O=C(NCc1ccccc1Cn1cccn1)[C@@H]1C[C@H](O)CN1. The number of amides is 1. The van der Waals surface area contributed by atoms with Gasteiger partial charge in [0.15, 0.2) is 0 Å². The van der Waals surface area contributed by atoms with Crippen LogP contribution in [0.4, 0.5) is 0 Å². The number of nitrogens with zero attached hydrogens (tertiary/aromatic N) is 2. The largest absolute Gasteiger partial charge is 0.392 e. The average molecular weight is 300 g/mol. The standard InChI is InChI=1S/C16H20N4O2/c21-14-8-15(17-10-14)16(22)18-9-12-4-1-2-5-13(12)11-20-7-3-6-19-20/h1-7,14-15,17,21H,8-11H2,(H,18,22)/t14-,15-/m0/s1. The number of nitrogens with one attached hydrogen (secondary N) is 2. The number of aromatic nitrogens is 2. The van der Waals surface area contributed by atoms with Crippen molar-refractivity contribution in [3.05, 3.63) is 53.9 Å². The topological polar surface area (TPSA) is 79.2 Å². The molecule has 2 heterocycles. The summed E-state index contributed by atoms with van der Waals surface area (Å²) in [6.45, 7) is 1.64. The number of aliphatic hydroxyl groups is 1. The molecule has 1 aliphatic rings. The van der Waals surface area contributed by atoms with E-state index in [1.54, 1.807) is 6.20 Å². The van der Waals surface area contributed by atoms with Crippen molar-refractivity contribution < 1.29 is 9.90 Å². The highest BCUT2D eigenvalue weighted by molar-refractivity contribution is 5.82. The van der Waals surface area contributed by atoms with Gasteiger partial charge in [-0.25, -0.2) is 0 Å². The second kappa shape index (κ2) is 6.72. The first-order chi connectivity index (χ1) is 10.7. The summed E-state index contributed by atoms with van der Waals surface area (Å²) < 4.78 is 1.86. The van der Waals surface area contributed by atoms with Gasteiger partial charge < -0.3 is 15.7 Å². The van der Waals surface area contributed by atoms with Crippen molar-refractivity contribution in [2.45, 2.75) is 31.7 Å². The zero-order valence-corrected chi connectivity index (χ0v) is 12.3. The van der Waals surface area contributed by atoms with Crippen LogP contribution in [-0.4, -0.2) is 39.5 Å². The van der Waals surface area contributed by atoms with Crippen molar-refractivity contribution in [2.75, 3.05) is 6.54 Å². The minimum atomic E-state index is -0.428. The Morgan fingerprint density at radius 3 is 2.86 bits per heavy atom. The van der Waals surface area contributed by atoms with Crippen LogP contribution in [-0.2, 0) is 17.9 Å². The van der Waals surface area contributed by atoms with E-state index < -0.39 is 6.10 Å². The molecular formula is C16H20N4O2. The number of rotatable bonds is 5. The van der Waals surface area contributed by atoms with Gasteiger partial charge in [-0.1, -0.05) is 24.3 Å². The average Bonchev–Trinajstić information content (AvgIpc) is 3.18. The fourth-order valence-corrected chi connectivity index (χ4v) is 2.68. The molecule has 0 spiro atoms. The molecule has 0 aliphatic carbocycles. The van der Waals surface area contributed by atoms with E-state index in [-0.39, 0.29) is 11.9 Å². The van der Waals surface area contributed by atoms with Crippen molar-refractivity contribution in [1.82, 2.24) is 20.4 Å². The predicted octanol–water partition coefficient (Wildman–Crippen LogP) is 0.270. The highest BCUT2D eigenvalue weighted by atomic mass is 16.3. The normalized spacial score (nSPS) is 21.0. The van der Waals surface area contributed by atoms with Crippen LogP contribution in [0, 0.1) is 0 Å². The Hall–Kier alpha value is -2.18. The highest BCUT2D eigenvalue weighted by Crippen LogP contribution is 2.11. The molecule has 0 bridgehead atoms. The molecule has 1 amide bonds. The Bertz CT molecular complexity index is 627. The molecule has 1 aliphatic heterocycles. The van der Waals surface area contributed by atoms with E-state index in [0.29, 0.717) is 26.1 Å². The predicted molar refractivity (Wildman–Crippen MR) is 82.0 cm³/mol. The monoisotopic (exact) mass is 300 g/mol. The van der Waals surface area contributed by atoms with Crippen LogP contribution >= 0.6 is 0 Å². The van der Waals surface area contributed by atoms with Crippen molar-refractivity contribution in [1.29, 1.82) is 0 Å². The highest BCUT2D eigenvalue weighted by Gasteiger charge is 2.27. The maximum absolute atomic E-state index is 12.1. The number of benzene rings is 1. The number of hydrogen-bond donors (Lipinski definition) is 3. The Labute approximate surface area is 129 Å². The van der Waals surface area contributed by atoms with Gasteiger partial charge in [-0.15, -0.1) is 0 Å². The summed E-state index contributed by atoms with van der Waals surface area (Å²) in [6.07, 6.45) is 3.71. The van der Waals surface area contributed by atoms with Gasteiger partial charge in [0.2, 0.25) is 5.91 Å². The lowest BCUT2D eigenvalue weighted by molar-refractivity contribution is -0.123. The number of aliphatic hydroxyl groups excluding tert-OH is 1. The second-order valence-electron chi connectivity index (χ2n) is 5.54. The Morgan fingerprint density at radius 2 is 2.18 bits per heavy atom. The van der Waals surface area contributed by atoms with E-state index in [1.165, 1.54) is 0 Å². The summed E-state index contributed by atoms with van der Waals surface area (Å²) in [5, 5.41) is 19.6. The van der Waals surface area contributed by atoms with Crippen molar-refractivity contribution in [3.63, 3.8) is 0 Å². The van der Waals surface area contributed by atoms with E-state index in [9.17, 15) is 9.90 Å². The first-order valence-electron chi connectivity index (χ1n) is 7.46. The minimum Gasteiger partial charge on any atom is -0.392 e. The van der Waals surface area contributed by atoms with Gasteiger partial charge in [0.05, 0.1) is 18.7 Å². The Morgan fingerprint density at radius 1 is 1.36 bits per heavy atom. The maximum atomic E-state index is 12.1. The molecule has 116 valence electrons. The third kappa shape index (κ3) is 3.52. The van der Waals surface area contributed by atoms with Crippen LogP contribution in [0.5, 0.6) is 0 Å². The van der Waals surface area contributed by atoms with E-state index in [2.05, 4.69) is 15.7 Å². The molecule has 3 N–H and O–H groups in total. The van der Waals surface area contributed by atoms with Crippen LogP contribution in [0.25, 0.3) is 0 Å². The smallest absolute Gasteiger partial charge is 0.237 e. The number of carbonyl (C=O) groups is 1. The number of β-amino-alcohol motifs (C(OH)–C–C–N with tert-alkyl or cyclic N) is 1. The molecule has 6 heteroatoms. The summed E-state index contributed by atoms with van der Waals surface area (Å²) in [7, 11) is 0. The van der Waals surface area contributed by atoms with Gasteiger partial charge in [0.1, 0.15) is 0 Å². The van der Waals surface area contributed by atoms with Crippen LogP contribution in [0.2, 0.25) is 0 Å². The fourth-order valence-electron chi connectivity index (χ4n) is 2.68. The van der Waals surface area contributed by atoms with Crippen molar-refractivity contribution in [2.24, 2.45) is 0 Å². The molecule has 1 fully saturated rings. The van der Waals surface area contributed by atoms with Crippen LogP contribution in [0.3, 0.4) is 0 Å². The molecule has 1 saturated heterocycles. The summed E-state index contributed by atoms with van der Waals surface area (Å²) >= 11 is 0. The van der Waals surface area contributed by atoms with Gasteiger partial charge in [0, 0.05) is 25.5 Å². The lowest BCUT2D eigenvalue weighted by Crippen LogP contribution is -2.40. The third-order valence-corrected chi connectivity index (χ3v) is 3.89. The maximum Gasteiger partial charge on any atom is 0.237 e. The van der Waals surface area contributed by atoms with Crippen molar-refractivity contribution >= 4 is 5.91 Å². The molecule has 0 saturated carbocycles. The lowest BCUT2D eigenvalue weighted by Gasteiger charge is -2.13. The van der Waals surface area contributed by atoms with Gasteiger partial charge in [-0.2, -0.15) is 5.10 Å². The summed E-state index contributed by atoms with van der Waals surface area (Å²) in [5.74, 6) is -0.0644. The molecule has 0 radical (unpaired) electrons. The third-order valence-electron chi connectivity index (χ3n) is 3.89. The lowest BCUT2D eigenvalue weighted by atomic mass is 10.1. The molecule has 2 aromatic rings. The van der Waals surface area contributed by atoms with Crippen molar-refractivity contribution in [3.8, 4) is 0 Å². The van der Waals surface area contributed by atoms with Crippen LogP contribution in [0.1, 0.15) is 17.5 Å². The van der Waals surface area contributed by atoms with E-state index >= 15 is 0 Å². The van der Waals surface area contributed by atoms with Crippen LogP contribution in [0.15, 0.2) is 42.7 Å². The first kappa shape index (κ1) is 14.7. The summed E-state index contributed by atoms with van der Waals surface area (Å²) in [6, 6.07) is 9.59. The zero-order valence-electron chi connectivity index (χ0n) is 12.3. The first-order valence-corrected chi connectivity index (χ1v) is 7.46. The number of hydrogen-bond acceptors (Lipinski definition) is 4. The molecule has 1 aromatic heterocycles. The van der Waals surface area contributed by atoms with E-state index in [0.717, 1.165) is 11.1 Å². The van der Waals surface area contributed by atoms with Gasteiger partial charge in [0.25, 0.3) is 0 Å². The van der Waals surface area contributed by atoms with E-state index in [1.807, 2.05) is 41.2 Å². The molecule has 6 nitrogen and oxygen atoms in total. The molecule has 0 unspecified atom stereocenters. The molecular weight excluding hydrogens is 280 g/mol. The minimum absolute atomic E-state index is 0.0644. The molecule has 1 aromatic carbocycles. The second-order valence-corrected chi connectivity index (χ2v) is 5.54. The molecule has 2 atom stereocenters. The fraction of sp³-hybridized carbons (Fsp3) is 0.375. The Balaban J connectivity index is 1.61. The number of carbonyl (C=O) groups excluding carboxylic acids is 1. The van der Waals surface area contributed by atoms with Gasteiger partial charge >= 0.3 is 0 Å². The zero-order chi connectivity index (χ0) is 15.4. The summed E-state index contributed by atoms with van der Waals surface area (Å²) in [5.41, 5.74) is 2.20. The van der Waals surface area contributed by atoms with E-state index in [4.69, 9.17) is 0 Å². The summed E-state index contributed by atoms with van der Waals surface area (Å²) in [4.78, 5) is 12.1. The van der Waals surface area contributed by atoms with Crippen LogP contribution < -0.4 is 10.6 Å². The Kier molecular flexibility index (Phi) is 4.50. The molecule has 3 rings (SSSR count). The van der Waals surface area contributed by atoms with Gasteiger partial charge in [-0.3, -0.25) is 9.48 Å². The quantitative estimate of drug-likeness (QED) is 0.740. The molecule has 22 heavy (non-hydrogen) atoms. The van der Waals surface area contributed by atoms with Gasteiger partial charge in [-0.05, 0) is 23.6 Å².